The van der Waals surface area contributed by atoms with Crippen molar-refractivity contribution in [3.8, 4) is 0 Å². The van der Waals surface area contributed by atoms with Gasteiger partial charge in [0.25, 0.3) is 5.91 Å². The van der Waals surface area contributed by atoms with Gasteiger partial charge in [-0.05, 0) is 23.6 Å². The summed E-state index contributed by atoms with van der Waals surface area (Å²) in [6, 6.07) is 9.67. The number of amides is 1. The van der Waals surface area contributed by atoms with E-state index in [-0.39, 0.29) is 5.91 Å². The Bertz CT molecular complexity index is 560. The summed E-state index contributed by atoms with van der Waals surface area (Å²) >= 11 is 5.61. The number of nitrogens with one attached hydrogen (secondary N) is 1. The van der Waals surface area contributed by atoms with Crippen LogP contribution in [0.3, 0.4) is 0 Å². The fourth-order valence-electron chi connectivity index (χ4n) is 1.74. The molecule has 0 aliphatic carbocycles. The molecular formula is C14H15NOS2. The number of hydrogen-bond donors (Lipinski definition) is 2. The second kappa shape index (κ2) is 5.59. The van der Waals surface area contributed by atoms with Crippen molar-refractivity contribution >= 4 is 35.6 Å². The van der Waals surface area contributed by atoms with Crippen LogP contribution in [0.25, 0.3) is 0 Å². The first-order valence-electron chi connectivity index (χ1n) is 5.75. The molecule has 1 aromatic carbocycles. The Balaban J connectivity index is 2.22. The molecule has 2 nitrogen and oxygen atoms in total. The van der Waals surface area contributed by atoms with E-state index in [2.05, 4.69) is 31.8 Å². The molecule has 94 valence electrons. The standard InChI is InChI=1S/C14H15NOS2/c1-9(2)11-5-3-4-6-12(11)15-14(16)13-7-10(17)8-18-13/h3-9,17H,1-2H3,(H,15,16). The van der Waals surface area contributed by atoms with Crippen LogP contribution >= 0.6 is 24.0 Å². The van der Waals surface area contributed by atoms with Crippen LogP contribution in [0.5, 0.6) is 0 Å². The fraction of sp³-hybridized carbons (Fsp3) is 0.214. The smallest absolute Gasteiger partial charge is 0.265 e. The second-order valence-corrected chi connectivity index (χ2v) is 5.79. The van der Waals surface area contributed by atoms with Gasteiger partial charge in [0.15, 0.2) is 0 Å². The molecule has 0 radical (unpaired) electrons. The van der Waals surface area contributed by atoms with E-state index in [1.165, 1.54) is 11.3 Å². The lowest BCUT2D eigenvalue weighted by molar-refractivity contribution is 0.103. The van der Waals surface area contributed by atoms with E-state index in [1.54, 1.807) is 6.07 Å². The lowest BCUT2D eigenvalue weighted by Crippen LogP contribution is -2.12. The number of hydrogen-bond acceptors (Lipinski definition) is 3. The monoisotopic (exact) mass is 277 g/mol. The minimum atomic E-state index is -0.0756. The number of rotatable bonds is 3. The molecule has 0 saturated carbocycles. The van der Waals surface area contributed by atoms with Gasteiger partial charge in [0.2, 0.25) is 0 Å². The second-order valence-electron chi connectivity index (χ2n) is 4.37. The quantitative estimate of drug-likeness (QED) is 0.799. The maximum atomic E-state index is 12.1. The Morgan fingerprint density at radius 1 is 1.33 bits per heavy atom. The minimum Gasteiger partial charge on any atom is -0.321 e. The summed E-state index contributed by atoms with van der Waals surface area (Å²) in [6.07, 6.45) is 0. The SMILES string of the molecule is CC(C)c1ccccc1NC(=O)c1cc(S)cs1. The van der Waals surface area contributed by atoms with Crippen LogP contribution in [-0.4, -0.2) is 5.91 Å². The van der Waals surface area contributed by atoms with Crippen LogP contribution in [0.4, 0.5) is 5.69 Å². The Hall–Kier alpha value is -1.26. The van der Waals surface area contributed by atoms with Crippen LogP contribution < -0.4 is 5.32 Å². The molecule has 1 amide bonds. The molecular weight excluding hydrogens is 262 g/mol. The summed E-state index contributed by atoms with van der Waals surface area (Å²) < 4.78 is 0. The topological polar surface area (TPSA) is 29.1 Å². The van der Waals surface area contributed by atoms with Gasteiger partial charge in [-0.1, -0.05) is 32.0 Å². The van der Waals surface area contributed by atoms with Crippen LogP contribution in [0.1, 0.15) is 35.0 Å². The van der Waals surface area contributed by atoms with Crippen LogP contribution in [0.15, 0.2) is 40.6 Å². The Labute approximate surface area is 116 Å². The zero-order chi connectivity index (χ0) is 13.1. The number of benzene rings is 1. The molecule has 2 aromatic rings. The van der Waals surface area contributed by atoms with Crippen molar-refractivity contribution in [3.63, 3.8) is 0 Å². The highest BCUT2D eigenvalue weighted by molar-refractivity contribution is 7.80. The van der Waals surface area contributed by atoms with Crippen LogP contribution in [0.2, 0.25) is 0 Å². The van der Waals surface area contributed by atoms with Gasteiger partial charge < -0.3 is 5.32 Å². The number of para-hydroxylation sites is 1. The minimum absolute atomic E-state index is 0.0756. The van der Waals surface area contributed by atoms with Gasteiger partial charge in [0, 0.05) is 16.0 Å². The zero-order valence-electron chi connectivity index (χ0n) is 10.3. The van der Waals surface area contributed by atoms with E-state index in [9.17, 15) is 4.79 Å². The number of thiol groups is 1. The van der Waals surface area contributed by atoms with Crippen molar-refractivity contribution < 1.29 is 4.79 Å². The third kappa shape index (κ3) is 2.94. The van der Waals surface area contributed by atoms with Crippen molar-refractivity contribution in [2.75, 3.05) is 5.32 Å². The van der Waals surface area contributed by atoms with Crippen LogP contribution in [0, 0.1) is 0 Å². The van der Waals surface area contributed by atoms with E-state index >= 15 is 0 Å². The molecule has 2 rings (SSSR count). The number of carbonyl (C=O) groups is 1. The maximum absolute atomic E-state index is 12.1. The van der Waals surface area contributed by atoms with E-state index in [4.69, 9.17) is 0 Å². The lowest BCUT2D eigenvalue weighted by Gasteiger charge is -2.12. The molecule has 0 unspecified atom stereocenters. The largest absolute Gasteiger partial charge is 0.321 e. The van der Waals surface area contributed by atoms with Gasteiger partial charge in [-0.3, -0.25) is 4.79 Å². The summed E-state index contributed by atoms with van der Waals surface area (Å²) in [5, 5.41) is 4.81. The zero-order valence-corrected chi connectivity index (χ0v) is 12.0. The van der Waals surface area contributed by atoms with E-state index in [1.807, 2.05) is 29.6 Å². The predicted octanol–water partition coefficient (Wildman–Crippen LogP) is 4.41. The molecule has 0 aliphatic heterocycles. The third-order valence-corrected chi connectivity index (χ3v) is 4.00. The van der Waals surface area contributed by atoms with Gasteiger partial charge in [-0.2, -0.15) is 0 Å². The van der Waals surface area contributed by atoms with E-state index < -0.39 is 0 Å². The number of thiophene rings is 1. The molecule has 0 fully saturated rings. The van der Waals surface area contributed by atoms with E-state index in [0.29, 0.717) is 10.8 Å². The van der Waals surface area contributed by atoms with Gasteiger partial charge in [-0.15, -0.1) is 24.0 Å². The molecule has 1 N–H and O–H groups in total. The van der Waals surface area contributed by atoms with Gasteiger partial charge in [-0.25, -0.2) is 0 Å². The molecule has 4 heteroatoms. The summed E-state index contributed by atoms with van der Waals surface area (Å²) in [7, 11) is 0. The summed E-state index contributed by atoms with van der Waals surface area (Å²) in [5.74, 6) is 0.304. The molecule has 0 saturated heterocycles. The molecule has 1 heterocycles. The summed E-state index contributed by atoms with van der Waals surface area (Å²) in [5.41, 5.74) is 2.03. The Morgan fingerprint density at radius 3 is 2.67 bits per heavy atom. The molecule has 0 atom stereocenters. The van der Waals surface area contributed by atoms with Crippen molar-refractivity contribution in [2.45, 2.75) is 24.7 Å². The van der Waals surface area contributed by atoms with Gasteiger partial charge in [0.05, 0.1) is 4.88 Å². The highest BCUT2D eigenvalue weighted by Crippen LogP contribution is 2.25. The highest BCUT2D eigenvalue weighted by atomic mass is 32.1. The molecule has 0 aliphatic rings. The van der Waals surface area contributed by atoms with Crippen molar-refractivity contribution in [1.29, 1.82) is 0 Å². The van der Waals surface area contributed by atoms with Crippen molar-refractivity contribution in [1.82, 2.24) is 0 Å². The molecule has 1 aromatic heterocycles. The molecule has 0 spiro atoms. The number of carbonyl (C=O) groups excluding carboxylic acids is 1. The molecule has 18 heavy (non-hydrogen) atoms. The van der Waals surface area contributed by atoms with Crippen molar-refractivity contribution in [2.24, 2.45) is 0 Å². The average Bonchev–Trinajstić information content (AvgIpc) is 2.76. The third-order valence-electron chi connectivity index (χ3n) is 2.64. The Morgan fingerprint density at radius 2 is 2.06 bits per heavy atom. The molecule has 0 bridgehead atoms. The van der Waals surface area contributed by atoms with Crippen LogP contribution in [-0.2, 0) is 0 Å². The lowest BCUT2D eigenvalue weighted by atomic mass is 10.0. The number of anilines is 1. The Kier molecular flexibility index (Phi) is 4.09. The predicted molar refractivity (Wildman–Crippen MR) is 80.1 cm³/mol. The van der Waals surface area contributed by atoms with Gasteiger partial charge >= 0.3 is 0 Å². The first kappa shape index (κ1) is 13.2. The fourth-order valence-corrected chi connectivity index (χ4v) is 2.79. The maximum Gasteiger partial charge on any atom is 0.265 e. The van der Waals surface area contributed by atoms with E-state index in [0.717, 1.165) is 16.1 Å². The van der Waals surface area contributed by atoms with Crippen molar-refractivity contribution in [3.05, 3.63) is 46.2 Å². The summed E-state index contributed by atoms with van der Waals surface area (Å²) in [4.78, 5) is 13.6. The average molecular weight is 277 g/mol. The summed E-state index contributed by atoms with van der Waals surface area (Å²) in [6.45, 7) is 4.23. The first-order chi connectivity index (χ1) is 8.58. The highest BCUT2D eigenvalue weighted by Gasteiger charge is 2.12. The first-order valence-corrected chi connectivity index (χ1v) is 7.08. The normalized spacial score (nSPS) is 10.7. The van der Waals surface area contributed by atoms with Gasteiger partial charge in [0.1, 0.15) is 0 Å².